The number of carbonyl (C=O) groups excluding carboxylic acids is 2. The summed E-state index contributed by atoms with van der Waals surface area (Å²) in [6.45, 7) is 0. The molecule has 41 heavy (non-hydrogen) atoms. The molecular formula is C30H18BrClF3N3O3. The number of H-pyrrole nitrogens is 1. The highest BCUT2D eigenvalue weighted by atomic mass is 79.9. The summed E-state index contributed by atoms with van der Waals surface area (Å²) in [6, 6.07) is 23.1. The van der Waals surface area contributed by atoms with Crippen LogP contribution >= 0.6 is 27.5 Å². The molecule has 1 amide bonds. The number of benzene rings is 4. The number of nitrogens with one attached hydrogen (secondary N) is 2. The number of amides is 1. The molecule has 0 unspecified atom stereocenters. The molecule has 206 valence electrons. The maximum atomic E-state index is 13.3. The molecule has 5 rings (SSSR count). The third kappa shape index (κ3) is 6.18. The minimum Gasteiger partial charge on any atom is -0.422 e. The van der Waals surface area contributed by atoms with E-state index in [0.717, 1.165) is 23.0 Å². The number of hydrogen-bond acceptors (Lipinski definition) is 4. The van der Waals surface area contributed by atoms with Crippen LogP contribution in [0.1, 0.15) is 32.0 Å². The first-order valence-corrected chi connectivity index (χ1v) is 13.2. The van der Waals surface area contributed by atoms with Gasteiger partial charge in [-0.2, -0.15) is 18.3 Å². The molecular weight excluding hydrogens is 623 g/mol. The van der Waals surface area contributed by atoms with Crippen LogP contribution in [0.3, 0.4) is 0 Å². The fraction of sp³-hybridized carbons (Fsp3) is 0.0333. The summed E-state index contributed by atoms with van der Waals surface area (Å²) in [5.41, 5.74) is 3.74. The molecule has 0 aliphatic carbocycles. The highest BCUT2D eigenvalue weighted by Gasteiger charge is 2.31. The molecule has 0 aliphatic rings. The molecule has 0 aliphatic heterocycles. The van der Waals surface area contributed by atoms with Crippen LogP contribution in [0.25, 0.3) is 22.0 Å². The quantitative estimate of drug-likeness (QED) is 0.0849. The molecule has 1 heterocycles. The van der Waals surface area contributed by atoms with Crippen LogP contribution in [0, 0.1) is 0 Å². The van der Waals surface area contributed by atoms with Gasteiger partial charge in [0.15, 0.2) is 0 Å². The maximum absolute atomic E-state index is 13.3. The number of hydrazone groups is 1. The summed E-state index contributed by atoms with van der Waals surface area (Å²) in [6.07, 6.45) is -3.35. The number of hydrogen-bond donors (Lipinski definition) is 2. The molecule has 5 aromatic rings. The van der Waals surface area contributed by atoms with Crippen LogP contribution in [0.5, 0.6) is 5.75 Å². The second-order valence-corrected chi connectivity index (χ2v) is 10.1. The van der Waals surface area contributed by atoms with Gasteiger partial charge in [-0.1, -0.05) is 70.0 Å². The summed E-state index contributed by atoms with van der Waals surface area (Å²) < 4.78 is 45.2. The molecule has 0 radical (unpaired) electrons. The van der Waals surface area contributed by atoms with E-state index in [0.29, 0.717) is 26.7 Å². The topological polar surface area (TPSA) is 83.5 Å². The van der Waals surface area contributed by atoms with Gasteiger partial charge in [0.2, 0.25) is 0 Å². The lowest BCUT2D eigenvalue weighted by atomic mass is 10.0. The van der Waals surface area contributed by atoms with Gasteiger partial charge >= 0.3 is 12.1 Å². The maximum Gasteiger partial charge on any atom is 0.416 e. The van der Waals surface area contributed by atoms with Crippen molar-refractivity contribution in [3.8, 4) is 16.9 Å². The van der Waals surface area contributed by atoms with Gasteiger partial charge in [0.05, 0.1) is 17.3 Å². The van der Waals surface area contributed by atoms with Crippen molar-refractivity contribution in [2.75, 3.05) is 0 Å². The predicted octanol–water partition coefficient (Wildman–Crippen LogP) is 8.25. The standard InChI is InChI=1S/C30H18BrClF3N3O3/c31-20-12-13-25(41-29(40)17-6-5-7-19(14-17)30(33,34)35)18(15-20)16-36-38-28(39)27-26(21-8-1-3-10-23(21)32)22-9-2-4-11-24(22)37-27/h1-16,37H,(H,38,39). The van der Waals surface area contributed by atoms with Crippen molar-refractivity contribution in [1.82, 2.24) is 10.4 Å². The zero-order valence-electron chi connectivity index (χ0n) is 20.8. The summed E-state index contributed by atoms with van der Waals surface area (Å²) >= 11 is 9.78. The molecule has 4 aromatic carbocycles. The number of aromatic nitrogens is 1. The highest BCUT2D eigenvalue weighted by molar-refractivity contribution is 9.10. The Hall–Kier alpha value is -4.41. The van der Waals surface area contributed by atoms with E-state index in [2.05, 4.69) is 31.4 Å². The van der Waals surface area contributed by atoms with Crippen LogP contribution in [0.4, 0.5) is 13.2 Å². The van der Waals surface area contributed by atoms with E-state index in [-0.39, 0.29) is 22.6 Å². The first kappa shape index (κ1) is 28.1. The number of carbonyl (C=O) groups is 2. The minimum atomic E-state index is -4.61. The molecule has 0 bridgehead atoms. The normalized spacial score (nSPS) is 11.6. The van der Waals surface area contributed by atoms with Crippen molar-refractivity contribution in [3.05, 3.63) is 123 Å². The van der Waals surface area contributed by atoms with Gasteiger partial charge < -0.3 is 9.72 Å². The molecule has 0 saturated carbocycles. The monoisotopic (exact) mass is 639 g/mol. The molecule has 2 N–H and O–H groups in total. The average molecular weight is 641 g/mol. The smallest absolute Gasteiger partial charge is 0.416 e. The third-order valence-corrected chi connectivity index (χ3v) is 6.87. The number of fused-ring (bicyclic) bond motifs is 1. The van der Waals surface area contributed by atoms with E-state index in [9.17, 15) is 22.8 Å². The van der Waals surface area contributed by atoms with E-state index in [1.54, 1.807) is 24.3 Å². The van der Waals surface area contributed by atoms with Crippen LogP contribution in [0.2, 0.25) is 5.02 Å². The van der Waals surface area contributed by atoms with Crippen molar-refractivity contribution in [2.24, 2.45) is 5.10 Å². The van der Waals surface area contributed by atoms with Crippen molar-refractivity contribution in [3.63, 3.8) is 0 Å². The Morgan fingerprint density at radius 1 is 0.951 bits per heavy atom. The van der Waals surface area contributed by atoms with Gasteiger partial charge in [-0.3, -0.25) is 4.79 Å². The van der Waals surface area contributed by atoms with E-state index in [4.69, 9.17) is 16.3 Å². The second-order valence-electron chi connectivity index (χ2n) is 8.75. The average Bonchev–Trinajstić information content (AvgIpc) is 3.34. The molecule has 6 nitrogen and oxygen atoms in total. The number of rotatable bonds is 6. The number of aromatic amines is 1. The fourth-order valence-electron chi connectivity index (χ4n) is 4.17. The number of para-hydroxylation sites is 1. The summed E-state index contributed by atoms with van der Waals surface area (Å²) in [4.78, 5) is 29.0. The number of nitrogens with zero attached hydrogens (tertiary/aromatic N) is 1. The van der Waals surface area contributed by atoms with Crippen LogP contribution in [0.15, 0.2) is 101 Å². The lowest BCUT2D eigenvalue weighted by molar-refractivity contribution is -0.137. The molecule has 0 fully saturated rings. The summed E-state index contributed by atoms with van der Waals surface area (Å²) in [5, 5.41) is 5.30. The zero-order valence-corrected chi connectivity index (χ0v) is 23.1. The van der Waals surface area contributed by atoms with Gasteiger partial charge in [0.25, 0.3) is 5.91 Å². The lowest BCUT2D eigenvalue weighted by Crippen LogP contribution is -2.19. The second kappa shape index (κ2) is 11.6. The van der Waals surface area contributed by atoms with Crippen molar-refractivity contribution in [2.45, 2.75) is 6.18 Å². The first-order chi connectivity index (χ1) is 19.6. The number of esters is 1. The lowest BCUT2D eigenvalue weighted by Gasteiger charge is -2.10. The Kier molecular flexibility index (Phi) is 7.96. The molecule has 11 heteroatoms. The fourth-order valence-corrected chi connectivity index (χ4v) is 4.78. The van der Waals surface area contributed by atoms with Crippen molar-refractivity contribution in [1.29, 1.82) is 0 Å². The Bertz CT molecular complexity index is 1820. The number of ether oxygens (including phenoxy) is 1. The zero-order chi connectivity index (χ0) is 29.1. The molecule has 1 aromatic heterocycles. The van der Waals surface area contributed by atoms with E-state index in [1.807, 2.05) is 36.4 Å². The molecule has 0 spiro atoms. The molecule has 0 saturated heterocycles. The largest absolute Gasteiger partial charge is 0.422 e. The van der Waals surface area contributed by atoms with Crippen molar-refractivity contribution >= 4 is 56.5 Å². The summed E-state index contributed by atoms with van der Waals surface area (Å²) in [5.74, 6) is -1.51. The van der Waals surface area contributed by atoms with Gasteiger partial charge in [-0.25, -0.2) is 10.2 Å². The number of halogens is 5. The van der Waals surface area contributed by atoms with Gasteiger partial charge in [-0.05, 0) is 48.5 Å². The van der Waals surface area contributed by atoms with E-state index < -0.39 is 23.6 Å². The van der Waals surface area contributed by atoms with Crippen molar-refractivity contribution < 1.29 is 27.5 Å². The van der Waals surface area contributed by atoms with Gasteiger partial charge in [0, 0.05) is 37.1 Å². The van der Waals surface area contributed by atoms with Crippen LogP contribution in [-0.2, 0) is 6.18 Å². The first-order valence-electron chi connectivity index (χ1n) is 12.0. The Labute approximate surface area is 244 Å². The van der Waals surface area contributed by atoms with Gasteiger partial charge in [0.1, 0.15) is 11.4 Å². The predicted molar refractivity (Wildman–Crippen MR) is 154 cm³/mol. The minimum absolute atomic E-state index is 0.0241. The SMILES string of the molecule is O=C(Oc1ccc(Br)cc1C=NNC(=O)c1[nH]c2ccccc2c1-c1ccccc1Cl)c1cccc(C(F)(F)F)c1. The molecule has 0 atom stereocenters. The Morgan fingerprint density at radius 2 is 1.71 bits per heavy atom. The highest BCUT2D eigenvalue weighted by Crippen LogP contribution is 2.36. The van der Waals surface area contributed by atoms with Crippen LogP contribution in [-0.4, -0.2) is 23.1 Å². The Balaban J connectivity index is 1.40. The third-order valence-electron chi connectivity index (χ3n) is 6.05. The van der Waals surface area contributed by atoms with E-state index in [1.165, 1.54) is 18.3 Å². The van der Waals surface area contributed by atoms with Crippen LogP contribution < -0.4 is 10.2 Å². The Morgan fingerprint density at radius 3 is 2.49 bits per heavy atom. The number of alkyl halides is 3. The van der Waals surface area contributed by atoms with Gasteiger partial charge in [-0.15, -0.1) is 0 Å². The summed E-state index contributed by atoms with van der Waals surface area (Å²) in [7, 11) is 0. The van der Waals surface area contributed by atoms with E-state index >= 15 is 0 Å².